The molecule has 0 atom stereocenters. The molecule has 23 heavy (non-hydrogen) atoms. The first-order valence-electron chi connectivity index (χ1n) is 7.47. The van der Waals surface area contributed by atoms with Gasteiger partial charge < -0.3 is 9.47 Å². The van der Waals surface area contributed by atoms with E-state index >= 15 is 0 Å². The summed E-state index contributed by atoms with van der Waals surface area (Å²) >= 11 is 0. The molecule has 1 N–H and O–H groups in total. The van der Waals surface area contributed by atoms with Crippen LogP contribution >= 0.6 is 0 Å². The van der Waals surface area contributed by atoms with Crippen molar-refractivity contribution in [3.8, 4) is 0 Å². The average molecular weight is 316 g/mol. The molecule has 0 saturated carbocycles. The second-order valence-electron chi connectivity index (χ2n) is 4.81. The number of ether oxygens (including phenoxy) is 2. The van der Waals surface area contributed by atoms with Crippen LogP contribution in [0.15, 0.2) is 36.4 Å². The summed E-state index contributed by atoms with van der Waals surface area (Å²) in [5.74, 6) is 0. The molecule has 2 rings (SSSR count). The number of benzene rings is 2. The van der Waals surface area contributed by atoms with E-state index in [9.17, 15) is 9.59 Å². The lowest BCUT2D eigenvalue weighted by atomic mass is 10.0. The number of hydrogen-bond acceptors (Lipinski definition) is 4. The first kappa shape index (κ1) is 16.6. The molecular weight excluding hydrogens is 296 g/mol. The standard InChI is InChI=1S/C17H20N2O4/c1-4-22-16(20)18-19(17(21)23-5-2)15-11-10-12(3)13-8-6-7-9-14(13)15/h6-11H,4-5H2,1-3H3,(H,18,20). The number of fused-ring (bicyclic) bond motifs is 1. The fourth-order valence-electron chi connectivity index (χ4n) is 2.28. The number of nitrogens with one attached hydrogen (secondary N) is 1. The van der Waals surface area contributed by atoms with E-state index in [4.69, 9.17) is 9.47 Å². The highest BCUT2D eigenvalue weighted by molar-refractivity contribution is 6.03. The van der Waals surface area contributed by atoms with Crippen LogP contribution in [0.5, 0.6) is 0 Å². The fraction of sp³-hybridized carbons (Fsp3) is 0.294. The third kappa shape index (κ3) is 3.71. The molecule has 0 aliphatic carbocycles. The number of amides is 2. The third-order valence-corrected chi connectivity index (χ3v) is 3.29. The minimum Gasteiger partial charge on any atom is -0.449 e. The summed E-state index contributed by atoms with van der Waals surface area (Å²) in [6.07, 6.45) is -1.39. The van der Waals surface area contributed by atoms with Gasteiger partial charge in [0.15, 0.2) is 0 Å². The molecule has 0 aliphatic heterocycles. The van der Waals surface area contributed by atoms with Crippen LogP contribution in [-0.2, 0) is 9.47 Å². The highest BCUT2D eigenvalue weighted by atomic mass is 16.6. The van der Waals surface area contributed by atoms with E-state index in [1.54, 1.807) is 19.9 Å². The summed E-state index contributed by atoms with van der Waals surface area (Å²) < 4.78 is 9.89. The monoisotopic (exact) mass is 316 g/mol. The van der Waals surface area contributed by atoms with E-state index in [2.05, 4.69) is 5.43 Å². The van der Waals surface area contributed by atoms with Crippen LogP contribution in [0.1, 0.15) is 19.4 Å². The Morgan fingerprint density at radius 2 is 1.65 bits per heavy atom. The van der Waals surface area contributed by atoms with Gasteiger partial charge in [-0.15, -0.1) is 0 Å². The van der Waals surface area contributed by atoms with Gasteiger partial charge in [0, 0.05) is 5.39 Å². The molecule has 0 radical (unpaired) electrons. The Morgan fingerprint density at radius 1 is 1.00 bits per heavy atom. The Bertz CT molecular complexity index is 715. The van der Waals surface area contributed by atoms with E-state index in [1.807, 2.05) is 37.3 Å². The number of hydrazine groups is 1. The third-order valence-electron chi connectivity index (χ3n) is 3.29. The van der Waals surface area contributed by atoms with Crippen molar-refractivity contribution >= 4 is 28.6 Å². The van der Waals surface area contributed by atoms with Gasteiger partial charge >= 0.3 is 12.2 Å². The van der Waals surface area contributed by atoms with Gasteiger partial charge in [-0.1, -0.05) is 30.3 Å². The molecule has 0 aliphatic rings. The molecular formula is C17H20N2O4. The van der Waals surface area contributed by atoms with E-state index in [1.165, 1.54) is 0 Å². The van der Waals surface area contributed by atoms with E-state index in [0.717, 1.165) is 21.3 Å². The molecule has 0 unspecified atom stereocenters. The predicted molar refractivity (Wildman–Crippen MR) is 88.3 cm³/mol. The number of aryl methyl sites for hydroxylation is 1. The van der Waals surface area contributed by atoms with Crippen molar-refractivity contribution in [3.63, 3.8) is 0 Å². The van der Waals surface area contributed by atoms with Crippen molar-refractivity contribution in [2.24, 2.45) is 0 Å². The Kier molecular flexibility index (Phi) is 5.41. The number of hydrogen-bond donors (Lipinski definition) is 1. The maximum atomic E-state index is 12.2. The molecule has 0 bridgehead atoms. The summed E-state index contributed by atoms with van der Waals surface area (Å²) in [6, 6.07) is 11.3. The summed E-state index contributed by atoms with van der Waals surface area (Å²) in [4.78, 5) is 24.0. The van der Waals surface area contributed by atoms with Gasteiger partial charge in [0.25, 0.3) is 0 Å². The Morgan fingerprint density at radius 3 is 2.30 bits per heavy atom. The number of nitrogens with zero attached hydrogens (tertiary/aromatic N) is 1. The van der Waals surface area contributed by atoms with Crippen molar-refractivity contribution in [2.45, 2.75) is 20.8 Å². The number of carbonyl (C=O) groups is 2. The zero-order valence-corrected chi connectivity index (χ0v) is 13.5. The molecule has 0 saturated heterocycles. The van der Waals surface area contributed by atoms with Crippen molar-refractivity contribution in [1.29, 1.82) is 0 Å². The maximum absolute atomic E-state index is 12.2. The van der Waals surface area contributed by atoms with Crippen molar-refractivity contribution in [1.82, 2.24) is 5.43 Å². The zero-order chi connectivity index (χ0) is 16.8. The van der Waals surface area contributed by atoms with Crippen LogP contribution in [0.4, 0.5) is 15.3 Å². The first-order valence-corrected chi connectivity index (χ1v) is 7.47. The SMILES string of the molecule is CCOC(=O)NN(C(=O)OCC)c1ccc(C)c2ccccc12. The van der Waals surface area contributed by atoms with Crippen molar-refractivity contribution in [3.05, 3.63) is 42.0 Å². The largest absolute Gasteiger partial charge is 0.449 e. The van der Waals surface area contributed by atoms with Gasteiger partial charge in [-0.2, -0.15) is 5.01 Å². The second-order valence-corrected chi connectivity index (χ2v) is 4.81. The number of carbonyl (C=O) groups excluding carboxylic acids is 2. The molecule has 0 spiro atoms. The smallest absolute Gasteiger partial charge is 0.433 e. The van der Waals surface area contributed by atoms with Crippen LogP contribution in [0.2, 0.25) is 0 Å². The van der Waals surface area contributed by atoms with E-state index < -0.39 is 12.2 Å². The highest BCUT2D eigenvalue weighted by Crippen LogP contribution is 2.29. The van der Waals surface area contributed by atoms with Crippen LogP contribution in [-0.4, -0.2) is 25.4 Å². The minimum absolute atomic E-state index is 0.198. The number of anilines is 1. The van der Waals surface area contributed by atoms with E-state index in [-0.39, 0.29) is 13.2 Å². The first-order chi connectivity index (χ1) is 11.1. The van der Waals surface area contributed by atoms with Crippen LogP contribution in [0, 0.1) is 6.92 Å². The van der Waals surface area contributed by atoms with Gasteiger partial charge in [-0.25, -0.2) is 15.0 Å². The Labute approximate surface area is 134 Å². The lowest BCUT2D eigenvalue weighted by Crippen LogP contribution is -2.47. The molecule has 0 heterocycles. The highest BCUT2D eigenvalue weighted by Gasteiger charge is 2.22. The molecule has 2 aromatic rings. The molecule has 0 aromatic heterocycles. The van der Waals surface area contributed by atoms with Gasteiger partial charge in [-0.05, 0) is 37.8 Å². The summed E-state index contributed by atoms with van der Waals surface area (Å²) in [6.45, 7) is 5.78. The van der Waals surface area contributed by atoms with E-state index in [0.29, 0.717) is 5.69 Å². The average Bonchev–Trinajstić information content (AvgIpc) is 2.54. The number of rotatable bonds is 3. The Balaban J connectivity index is 2.48. The molecule has 6 nitrogen and oxygen atoms in total. The molecule has 2 aromatic carbocycles. The van der Waals surface area contributed by atoms with Gasteiger partial charge in [0.05, 0.1) is 18.9 Å². The molecule has 2 amide bonds. The topological polar surface area (TPSA) is 67.9 Å². The fourth-order valence-corrected chi connectivity index (χ4v) is 2.28. The molecule has 6 heteroatoms. The van der Waals surface area contributed by atoms with Crippen LogP contribution < -0.4 is 10.4 Å². The van der Waals surface area contributed by atoms with Crippen molar-refractivity contribution < 1.29 is 19.1 Å². The summed E-state index contributed by atoms with van der Waals surface area (Å²) in [5, 5.41) is 2.89. The Hall–Kier alpha value is -2.76. The lowest BCUT2D eigenvalue weighted by molar-refractivity contribution is 0.139. The van der Waals surface area contributed by atoms with Gasteiger partial charge in [0.1, 0.15) is 0 Å². The normalized spacial score (nSPS) is 10.2. The van der Waals surface area contributed by atoms with Gasteiger partial charge in [-0.3, -0.25) is 0 Å². The van der Waals surface area contributed by atoms with Crippen molar-refractivity contribution in [2.75, 3.05) is 18.2 Å². The predicted octanol–water partition coefficient (Wildman–Crippen LogP) is 3.77. The van der Waals surface area contributed by atoms with Gasteiger partial charge in [0.2, 0.25) is 0 Å². The summed E-state index contributed by atoms with van der Waals surface area (Å²) in [5.41, 5.74) is 4.03. The minimum atomic E-state index is -0.717. The zero-order valence-electron chi connectivity index (χ0n) is 13.5. The quantitative estimate of drug-likeness (QED) is 0.875. The van der Waals surface area contributed by atoms with Crippen LogP contribution in [0.3, 0.4) is 0 Å². The second kappa shape index (κ2) is 7.49. The molecule has 0 fully saturated rings. The molecule has 122 valence electrons. The van der Waals surface area contributed by atoms with Crippen LogP contribution in [0.25, 0.3) is 10.8 Å². The summed E-state index contributed by atoms with van der Waals surface area (Å²) in [7, 11) is 0. The maximum Gasteiger partial charge on any atom is 0.433 e. The lowest BCUT2D eigenvalue weighted by Gasteiger charge is -2.23.